The molecule has 2 aromatic carbocycles. The largest absolute Gasteiger partial charge is 0.319 e. The van der Waals surface area contributed by atoms with E-state index in [1.54, 1.807) is 19.1 Å². The Balaban J connectivity index is 2.19. The first-order chi connectivity index (χ1) is 12.2. The summed E-state index contributed by atoms with van der Waals surface area (Å²) < 4.78 is 27.5. The van der Waals surface area contributed by atoms with Gasteiger partial charge in [-0.25, -0.2) is 8.42 Å². The first-order valence-corrected chi connectivity index (χ1v) is 10.7. The summed E-state index contributed by atoms with van der Waals surface area (Å²) in [5, 5.41) is 0. The molecule has 0 atom stereocenters. The second-order valence-electron chi connectivity index (χ2n) is 6.19. The van der Waals surface area contributed by atoms with Crippen molar-refractivity contribution in [3.8, 4) is 0 Å². The van der Waals surface area contributed by atoms with E-state index < -0.39 is 15.7 Å². The fraction of sp³-hybridized carbons (Fsp3) is 0.263. The Morgan fingerprint density at radius 1 is 1.19 bits per heavy atom. The summed E-state index contributed by atoms with van der Waals surface area (Å²) in [6.45, 7) is 5.61. The van der Waals surface area contributed by atoms with Crippen LogP contribution >= 0.6 is 11.3 Å². The third kappa shape index (κ3) is 3.24. The van der Waals surface area contributed by atoms with E-state index in [0.29, 0.717) is 4.80 Å². The van der Waals surface area contributed by atoms with Crippen molar-refractivity contribution in [3.63, 3.8) is 0 Å². The summed E-state index contributed by atoms with van der Waals surface area (Å²) in [6, 6.07) is 10.4. The van der Waals surface area contributed by atoms with Crippen molar-refractivity contribution in [3.05, 3.63) is 57.9 Å². The van der Waals surface area contributed by atoms with Crippen molar-refractivity contribution in [2.24, 2.45) is 12.0 Å². The van der Waals surface area contributed by atoms with Crippen LogP contribution in [0.2, 0.25) is 0 Å². The van der Waals surface area contributed by atoms with Gasteiger partial charge in [-0.15, -0.1) is 0 Å². The molecule has 0 bridgehead atoms. The van der Waals surface area contributed by atoms with E-state index in [2.05, 4.69) is 17.1 Å². The predicted octanol–water partition coefficient (Wildman–Crippen LogP) is 3.39. The lowest BCUT2D eigenvalue weighted by molar-refractivity contribution is 0.0995. The van der Waals surface area contributed by atoms with Gasteiger partial charge in [-0.3, -0.25) is 4.79 Å². The highest BCUT2D eigenvalue weighted by molar-refractivity contribution is 7.91. The zero-order valence-corrected chi connectivity index (χ0v) is 16.7. The Morgan fingerprint density at radius 2 is 1.88 bits per heavy atom. The third-order valence-corrected chi connectivity index (χ3v) is 7.34. The summed E-state index contributed by atoms with van der Waals surface area (Å²) >= 11 is 1.43. The van der Waals surface area contributed by atoms with Gasteiger partial charge in [-0.1, -0.05) is 36.5 Å². The van der Waals surface area contributed by atoms with E-state index in [-0.39, 0.29) is 16.2 Å². The molecule has 26 heavy (non-hydrogen) atoms. The molecule has 7 heteroatoms. The minimum atomic E-state index is -3.50. The molecular weight excluding hydrogens is 368 g/mol. The van der Waals surface area contributed by atoms with Crippen molar-refractivity contribution in [2.75, 3.05) is 5.75 Å². The molecule has 1 heterocycles. The van der Waals surface area contributed by atoms with Gasteiger partial charge in [0.2, 0.25) is 0 Å². The molecule has 0 aliphatic heterocycles. The highest BCUT2D eigenvalue weighted by Crippen LogP contribution is 2.23. The number of nitrogens with zero attached hydrogens (tertiary/aromatic N) is 2. The van der Waals surface area contributed by atoms with Gasteiger partial charge in [-0.2, -0.15) is 4.99 Å². The lowest BCUT2D eigenvalue weighted by atomic mass is 10.1. The molecule has 5 nitrogen and oxygen atoms in total. The zero-order chi connectivity index (χ0) is 19.1. The van der Waals surface area contributed by atoms with Crippen LogP contribution < -0.4 is 4.80 Å². The molecule has 1 aromatic heterocycles. The number of carbonyl (C=O) groups excluding carboxylic acids is 1. The number of thiazole rings is 1. The predicted molar refractivity (Wildman–Crippen MR) is 104 cm³/mol. The van der Waals surface area contributed by atoms with Crippen LogP contribution in [-0.4, -0.2) is 24.6 Å². The highest BCUT2D eigenvalue weighted by atomic mass is 32.2. The van der Waals surface area contributed by atoms with Crippen molar-refractivity contribution >= 4 is 37.3 Å². The molecule has 3 rings (SSSR count). The monoisotopic (exact) mass is 388 g/mol. The Bertz CT molecular complexity index is 1190. The van der Waals surface area contributed by atoms with Gasteiger partial charge in [-0.05, 0) is 43.2 Å². The van der Waals surface area contributed by atoms with Gasteiger partial charge in [0.15, 0.2) is 14.6 Å². The van der Waals surface area contributed by atoms with Crippen molar-refractivity contribution in [2.45, 2.75) is 25.7 Å². The maximum absolute atomic E-state index is 12.7. The van der Waals surface area contributed by atoms with Crippen LogP contribution in [0, 0.1) is 13.8 Å². The van der Waals surface area contributed by atoms with Gasteiger partial charge in [0.25, 0.3) is 5.91 Å². The molecule has 136 valence electrons. The lowest BCUT2D eigenvalue weighted by Gasteiger charge is -2.05. The first kappa shape index (κ1) is 18.5. The topological polar surface area (TPSA) is 68.5 Å². The summed E-state index contributed by atoms with van der Waals surface area (Å²) in [5.41, 5.74) is 3.39. The Labute approximate surface area is 156 Å². The third-order valence-electron chi connectivity index (χ3n) is 4.27. The van der Waals surface area contributed by atoms with Crippen LogP contribution in [-0.2, 0) is 16.9 Å². The van der Waals surface area contributed by atoms with Gasteiger partial charge in [0.1, 0.15) is 0 Å². The SMILES string of the molecule is CCS(=O)(=O)c1ccccc1C(=O)N=c1sc2c(C)cc(C)cc2n1C. The van der Waals surface area contributed by atoms with Gasteiger partial charge < -0.3 is 4.57 Å². The van der Waals surface area contributed by atoms with Crippen LogP contribution in [0.4, 0.5) is 0 Å². The minimum Gasteiger partial charge on any atom is -0.319 e. The molecule has 3 aromatic rings. The average molecular weight is 389 g/mol. The van der Waals surface area contributed by atoms with Crippen LogP contribution in [0.3, 0.4) is 0 Å². The maximum atomic E-state index is 12.7. The molecule has 0 saturated heterocycles. The molecular formula is C19H20N2O3S2. The molecule has 0 aliphatic carbocycles. The number of aryl methyl sites for hydroxylation is 3. The first-order valence-electron chi connectivity index (χ1n) is 8.22. The number of sulfone groups is 1. The van der Waals surface area contributed by atoms with Crippen LogP contribution in [0.5, 0.6) is 0 Å². The van der Waals surface area contributed by atoms with Crippen LogP contribution in [0.25, 0.3) is 10.2 Å². The number of fused-ring (bicyclic) bond motifs is 1. The van der Waals surface area contributed by atoms with Gasteiger partial charge in [0.05, 0.1) is 26.4 Å². The van der Waals surface area contributed by atoms with Gasteiger partial charge >= 0.3 is 0 Å². The smallest absolute Gasteiger partial charge is 0.280 e. The number of rotatable bonds is 3. The van der Waals surface area contributed by atoms with Crippen molar-refractivity contribution < 1.29 is 13.2 Å². The fourth-order valence-electron chi connectivity index (χ4n) is 2.89. The zero-order valence-electron chi connectivity index (χ0n) is 15.1. The Hall–Kier alpha value is -2.25. The van der Waals surface area contributed by atoms with E-state index in [1.807, 2.05) is 25.5 Å². The van der Waals surface area contributed by atoms with Crippen molar-refractivity contribution in [1.82, 2.24) is 4.57 Å². The molecule has 0 spiro atoms. The molecule has 0 aliphatic rings. The maximum Gasteiger partial charge on any atom is 0.280 e. The van der Waals surface area contributed by atoms with E-state index >= 15 is 0 Å². The Kier molecular flexibility index (Phi) is 4.86. The van der Waals surface area contributed by atoms with E-state index in [0.717, 1.165) is 21.3 Å². The average Bonchev–Trinajstić information content (AvgIpc) is 2.91. The van der Waals surface area contributed by atoms with Gasteiger partial charge in [0, 0.05) is 7.05 Å². The second-order valence-corrected chi connectivity index (χ2v) is 9.41. The van der Waals surface area contributed by atoms with Crippen LogP contribution in [0.15, 0.2) is 46.3 Å². The lowest BCUT2D eigenvalue weighted by Crippen LogP contribution is -2.15. The standard InChI is InChI=1S/C19H20N2O3S2/c1-5-26(23,24)16-9-7-6-8-14(16)18(22)20-19-21(4)15-11-12(2)10-13(3)17(15)25-19/h6-11H,5H2,1-4H3. The summed E-state index contributed by atoms with van der Waals surface area (Å²) in [6.07, 6.45) is 0. The molecule has 0 N–H and O–H groups in total. The number of hydrogen-bond acceptors (Lipinski definition) is 4. The highest BCUT2D eigenvalue weighted by Gasteiger charge is 2.20. The summed E-state index contributed by atoms with van der Waals surface area (Å²) in [7, 11) is -1.64. The molecule has 1 amide bonds. The summed E-state index contributed by atoms with van der Waals surface area (Å²) in [4.78, 5) is 17.5. The van der Waals surface area contributed by atoms with Crippen molar-refractivity contribution in [1.29, 1.82) is 0 Å². The quantitative estimate of drug-likeness (QED) is 0.691. The Morgan fingerprint density at radius 3 is 2.58 bits per heavy atom. The normalized spacial score (nSPS) is 12.7. The number of hydrogen-bond donors (Lipinski definition) is 0. The second kappa shape index (κ2) is 6.81. The van der Waals surface area contributed by atoms with E-state index in [1.165, 1.54) is 23.5 Å². The number of carbonyl (C=O) groups is 1. The molecule has 0 unspecified atom stereocenters. The van der Waals surface area contributed by atoms with E-state index in [9.17, 15) is 13.2 Å². The summed E-state index contributed by atoms with van der Waals surface area (Å²) in [5.74, 6) is -0.610. The van der Waals surface area contributed by atoms with E-state index in [4.69, 9.17) is 0 Å². The molecule has 0 fully saturated rings. The number of amides is 1. The fourth-order valence-corrected chi connectivity index (χ4v) is 5.05. The molecule has 0 radical (unpaired) electrons. The van der Waals surface area contributed by atoms with Crippen LogP contribution in [0.1, 0.15) is 28.4 Å². The number of aromatic nitrogens is 1. The number of benzene rings is 2. The minimum absolute atomic E-state index is 0.0343. The molecule has 0 saturated carbocycles.